The van der Waals surface area contributed by atoms with Crippen LogP contribution in [0.3, 0.4) is 0 Å². The standard InChI is InChI=1S/C26H30FN5O4.C18H22FN3O3.C8H6N2O3.C8H10N2O2.C8H8N2O2.C4H6O4.2C4H8O.C2H3BO2.Al.Li.Mn.Na.2O.4H/c1-34-22-5-3-19-23(32-22)17(18(27)14-29-19)12-21(33)26-8-6-25(7-9-26,15-36-26)30-13-16-2-4-20-24(31-16)28-10-11-35-20;1-24-15-3-2-13-16(22-15)11(12(19)9-21-13)8-14(23)18-6-4-17(20,5-7-18)10-25-18;11-3-5-1-2-6-8(9-5)10-7(12)4-13-6;2*11-5-6-1-2-7-8(10-6)9-3-4-12-7;1-3(5)7-8-4(2)6;2*1-2-4-5-3-1;1-2(4)5-3;;;;;;;;;;/h2-5,14,21,30,33H,6-13,15H2,1H3,(H,28,31);2-3,9,14,23H,4-8,10,20H2,1H3;1-3H,4H2,(H,9,10,12);1-2,11H,3-5H2,(H,9,10);1-2,5H,3-4H2,(H,9,10);1-2H3;2*1-4H2;1H3;;;;;;;;;;/q;;;;;;;;-1;;+1;;+1;;;;;;-1/t21-,25?,26?;14-,17?,18?;;;;;;;;;;;;;;;;;/m00................./s1. The van der Waals surface area contributed by atoms with Crippen molar-refractivity contribution in [2.45, 2.75) is 158 Å². The Labute approximate surface area is 784 Å². The molecule has 676 valence electrons. The van der Waals surface area contributed by atoms with Crippen LogP contribution in [0.2, 0.25) is 0 Å². The maximum absolute atomic E-state index is 14.8. The molecule has 6 saturated heterocycles. The Balaban J connectivity index is 0.000000275. The molecule has 0 unspecified atom stereocenters. The second kappa shape index (κ2) is 53.8. The van der Waals surface area contributed by atoms with Gasteiger partial charge in [0, 0.05) is 101 Å². The monoisotopic (exact) mass is 1830 g/mol. The third-order valence-electron chi connectivity index (χ3n) is 20.6. The van der Waals surface area contributed by atoms with Crippen molar-refractivity contribution < 1.29 is 187 Å². The van der Waals surface area contributed by atoms with Gasteiger partial charge in [-0.2, -0.15) is 0 Å². The molecule has 0 aromatic carbocycles. The third kappa shape index (κ3) is 31.9. The summed E-state index contributed by atoms with van der Waals surface area (Å²) < 4.78 is 103. The molecule has 8 aromatic rings. The number of hydrogen-bond acceptors (Lipinski definition) is 37. The number of carbonyl (C=O) groups excluding carboxylic acids is 6. The Hall–Kier alpha value is -9.05. The number of carbonyl (C=O) groups is 6. The van der Waals surface area contributed by atoms with Crippen molar-refractivity contribution in [2.24, 2.45) is 5.73 Å². The van der Waals surface area contributed by atoms with E-state index < -0.39 is 67.8 Å². The average Bonchev–Trinajstić information content (AvgIpc) is 1.69. The molecule has 38 nitrogen and oxygen atoms in total. The number of nitrogens with zero attached hydrogens (tertiary/aromatic N) is 8. The van der Waals surface area contributed by atoms with Gasteiger partial charge in [0.25, 0.3) is 5.91 Å². The normalized spacial score (nSPS) is 20.0. The van der Waals surface area contributed by atoms with Crippen molar-refractivity contribution in [2.75, 3.05) is 121 Å². The van der Waals surface area contributed by atoms with Gasteiger partial charge < -0.3 is 109 Å². The second-order valence-corrected chi connectivity index (χ2v) is 29.4. The molecule has 18 heterocycles. The number of rotatable bonds is 14. The van der Waals surface area contributed by atoms with Gasteiger partial charge in [0.05, 0.1) is 123 Å². The fourth-order valence-corrected chi connectivity index (χ4v) is 14.0. The summed E-state index contributed by atoms with van der Waals surface area (Å²) in [7, 11) is 7.34. The second-order valence-electron chi connectivity index (χ2n) is 29.2. The van der Waals surface area contributed by atoms with Gasteiger partial charge >= 0.3 is 82.8 Å². The van der Waals surface area contributed by atoms with E-state index in [-0.39, 0.29) is 116 Å². The Morgan fingerprint density at radius 1 is 0.583 bits per heavy atom. The number of nitrogens with two attached hydrogens (primary N) is 1. The summed E-state index contributed by atoms with van der Waals surface area (Å²) >= 11 is -1.44. The quantitative estimate of drug-likeness (QED) is 0.0293. The SMILES string of the molecule is C1CCOC1.C1CCOC1.CC(=O)OOC(C)=O.COc1ccc2ncc(F)c(C[C@H](O)C34CCC(N)(CC3)CO4)c2n1.COc1ccc2ncc(F)c(C[C@H](O)C34CCC(NCc5ccc6c(n5)NCCO6)(CC3)CO4)c2n1.O=Cc1ccc2c(n1)NC(=O)CO2.O=Cc1ccc2c(n1)NCCO2.OCc1ccc2c(n1)NCCO2.[AlH3].[B-]OC(C)=O.[H-].[Li+].[Na+].[O]=[Mn]=[O]. The molecule has 1 amide bonds. The summed E-state index contributed by atoms with van der Waals surface area (Å²) in [5, 5.41) is 46.6. The Morgan fingerprint density at radius 3 is 1.36 bits per heavy atom. The van der Waals surface area contributed by atoms with Crippen LogP contribution in [-0.2, 0) is 101 Å². The number of amides is 1. The third-order valence-corrected chi connectivity index (χ3v) is 20.6. The molecule has 12 aliphatic rings. The molecule has 2 aliphatic carbocycles. The minimum absolute atomic E-state index is 0. The first-order valence-corrected chi connectivity index (χ1v) is 40.8. The summed E-state index contributed by atoms with van der Waals surface area (Å²) in [6.45, 7) is 13.3. The molecule has 4 bridgehead atoms. The van der Waals surface area contributed by atoms with E-state index in [1.807, 2.05) is 18.2 Å². The van der Waals surface area contributed by atoms with Crippen molar-refractivity contribution in [3.8, 4) is 34.8 Å². The Bertz CT molecular complexity index is 4890. The number of aliphatic hydroxyl groups is 3. The number of aldehydes is 2. The van der Waals surface area contributed by atoms with Gasteiger partial charge in [0.1, 0.15) is 42.8 Å². The number of nitrogens with one attached hydrogen (secondary N) is 5. The topological polar surface area (TPSA) is 507 Å². The van der Waals surface area contributed by atoms with E-state index in [2.05, 4.69) is 88.9 Å². The van der Waals surface area contributed by atoms with Crippen LogP contribution in [0.5, 0.6) is 34.8 Å². The first-order valence-electron chi connectivity index (χ1n) is 39.8. The van der Waals surface area contributed by atoms with E-state index in [0.29, 0.717) is 151 Å². The van der Waals surface area contributed by atoms with Crippen LogP contribution in [-0.4, -0.2) is 251 Å². The molecular weight excluding hydrogens is 1730 g/mol. The number of anilines is 4. The Kier molecular flexibility index (Phi) is 45.2. The van der Waals surface area contributed by atoms with Crippen molar-refractivity contribution in [1.82, 2.24) is 45.2 Å². The van der Waals surface area contributed by atoms with E-state index in [1.165, 1.54) is 65.3 Å². The van der Waals surface area contributed by atoms with Crippen LogP contribution < -0.4 is 109 Å². The van der Waals surface area contributed by atoms with Crippen molar-refractivity contribution >= 4 is 107 Å². The summed E-state index contributed by atoms with van der Waals surface area (Å²) in [4.78, 5) is 102. The molecule has 10 aliphatic heterocycles. The van der Waals surface area contributed by atoms with Crippen LogP contribution in [0, 0.1) is 11.6 Å². The first kappa shape index (κ1) is 107. The van der Waals surface area contributed by atoms with E-state index in [1.54, 1.807) is 48.5 Å². The fraction of sp³-hybridized carbons (Fsp3) is 0.488. The van der Waals surface area contributed by atoms with Crippen LogP contribution in [0.25, 0.3) is 22.1 Å². The predicted octanol–water partition coefficient (Wildman–Crippen LogP) is -0.275. The van der Waals surface area contributed by atoms with Crippen molar-refractivity contribution in [1.29, 1.82) is 0 Å². The summed E-state index contributed by atoms with van der Waals surface area (Å²) in [5.74, 6) is 3.02. The van der Waals surface area contributed by atoms with Crippen LogP contribution in [0.15, 0.2) is 85.2 Å². The zero-order valence-electron chi connectivity index (χ0n) is 72.2. The zero-order chi connectivity index (χ0) is 89.1. The molecule has 0 spiro atoms. The van der Waals surface area contributed by atoms with Crippen molar-refractivity contribution in [3.05, 3.63) is 131 Å². The van der Waals surface area contributed by atoms with Gasteiger partial charge in [-0.25, -0.2) is 58.0 Å². The number of hydrogen-bond donors (Lipinski definition) is 9. The number of aliphatic hydroxyl groups excluding tert-OH is 3. The summed E-state index contributed by atoms with van der Waals surface area (Å²) in [5.41, 5.74) is 9.36. The summed E-state index contributed by atoms with van der Waals surface area (Å²) in [6.07, 6.45) is 13.4. The predicted molar refractivity (Wildman–Crippen MR) is 446 cm³/mol. The van der Waals surface area contributed by atoms with E-state index in [9.17, 15) is 47.8 Å². The zero-order valence-corrected chi connectivity index (χ0v) is 74.4. The van der Waals surface area contributed by atoms with Gasteiger partial charge in [-0.05, 0) is 138 Å². The molecule has 3 radical (unpaired) electrons. The van der Waals surface area contributed by atoms with Crippen molar-refractivity contribution in [3.63, 3.8) is 0 Å². The van der Waals surface area contributed by atoms with E-state index >= 15 is 0 Å². The van der Waals surface area contributed by atoms with Crippen LogP contribution in [0.4, 0.5) is 32.1 Å². The molecule has 8 aromatic heterocycles. The minimum atomic E-state index is -1.44. The number of aromatic nitrogens is 8. The number of methoxy groups -OCH3 is 2. The molecule has 45 heteroatoms. The van der Waals surface area contributed by atoms with E-state index in [0.717, 1.165) is 121 Å². The molecule has 8 fully saturated rings. The molecule has 127 heavy (non-hydrogen) atoms. The molecule has 2 saturated carbocycles. The first-order chi connectivity index (χ1) is 59.8. The van der Waals surface area contributed by atoms with Gasteiger partial charge in [0.2, 0.25) is 17.7 Å². The number of fused-ring (bicyclic) bond motifs is 12. The molecular formula is C82H105AlBF2LiMnN14NaO24. The van der Waals surface area contributed by atoms with Gasteiger partial charge in [-0.15, -0.1) is 0 Å². The molecule has 20 rings (SSSR count). The number of halogens is 2. The van der Waals surface area contributed by atoms with Gasteiger partial charge in [-0.3, -0.25) is 29.1 Å². The fourth-order valence-electron chi connectivity index (χ4n) is 14.0. The van der Waals surface area contributed by atoms with Crippen LogP contribution in [0.1, 0.15) is 143 Å². The Morgan fingerprint density at radius 2 is 0.984 bits per heavy atom. The average molecular weight is 1830 g/mol. The number of pyridine rings is 8. The van der Waals surface area contributed by atoms with E-state index in [4.69, 9.17) is 65.9 Å². The van der Waals surface area contributed by atoms with Crippen LogP contribution >= 0.6 is 0 Å². The van der Waals surface area contributed by atoms with Gasteiger partial charge in [0.15, 0.2) is 82.8 Å². The molecule has 2 atom stereocenters. The maximum atomic E-state index is 14.8. The summed E-state index contributed by atoms with van der Waals surface area (Å²) in [6, 6.07) is 20.9. The molecule has 10 N–H and O–H groups in total. The van der Waals surface area contributed by atoms with Gasteiger partial charge in [-0.1, -0.05) is 0 Å². The number of ether oxygens (including phenoxy) is 10.